The number of amides is 1. The van der Waals surface area contributed by atoms with Crippen molar-refractivity contribution in [1.82, 2.24) is 15.2 Å². The average molecular weight is 338 g/mol. The molecule has 1 aliphatic rings. The van der Waals surface area contributed by atoms with E-state index in [2.05, 4.69) is 39.2 Å². The fraction of sp³-hybridized carbons (Fsp3) is 0.400. The number of piperazine rings is 1. The summed E-state index contributed by atoms with van der Waals surface area (Å²) in [7, 11) is 0. The van der Waals surface area contributed by atoms with Crippen LogP contribution in [0.2, 0.25) is 0 Å². The number of benzene rings is 1. The Kier molecular flexibility index (Phi) is 5.66. The first-order valence-corrected chi connectivity index (χ1v) is 8.86. The number of anilines is 1. The highest BCUT2D eigenvalue weighted by Gasteiger charge is 2.20. The molecule has 0 aliphatic carbocycles. The van der Waals surface area contributed by atoms with Gasteiger partial charge in [0.25, 0.3) is 0 Å². The number of aryl methyl sites for hydroxylation is 1. The Morgan fingerprint density at radius 1 is 1.12 bits per heavy atom. The Hall–Kier alpha value is -2.40. The molecule has 0 bridgehead atoms. The Balaban J connectivity index is 1.47. The summed E-state index contributed by atoms with van der Waals surface area (Å²) in [6.07, 6.45) is 1.82. The second-order valence-electron chi connectivity index (χ2n) is 6.60. The van der Waals surface area contributed by atoms with Crippen LogP contribution in [0.25, 0.3) is 0 Å². The number of nitrogens with one attached hydrogen (secondary N) is 1. The molecule has 1 N–H and O–H groups in total. The fourth-order valence-electron chi connectivity index (χ4n) is 3.32. The maximum atomic E-state index is 12.4. The van der Waals surface area contributed by atoms with Gasteiger partial charge in [0.15, 0.2) is 0 Å². The normalized spacial score (nSPS) is 16.5. The van der Waals surface area contributed by atoms with E-state index in [1.54, 1.807) is 0 Å². The molecule has 0 spiro atoms. The number of nitrogens with zero attached hydrogens (tertiary/aromatic N) is 3. The van der Waals surface area contributed by atoms with Gasteiger partial charge in [-0.15, -0.1) is 0 Å². The van der Waals surface area contributed by atoms with Crippen LogP contribution in [0.1, 0.15) is 24.1 Å². The van der Waals surface area contributed by atoms with E-state index in [0.29, 0.717) is 6.54 Å². The lowest BCUT2D eigenvalue weighted by Crippen LogP contribution is -2.49. The third-order valence-electron chi connectivity index (χ3n) is 4.75. The number of rotatable bonds is 5. The largest absolute Gasteiger partial charge is 0.354 e. The average Bonchev–Trinajstić information content (AvgIpc) is 2.63. The quantitative estimate of drug-likeness (QED) is 0.909. The van der Waals surface area contributed by atoms with E-state index < -0.39 is 0 Å². The topological polar surface area (TPSA) is 48.5 Å². The molecule has 1 atom stereocenters. The minimum absolute atomic E-state index is 0.0310. The predicted octanol–water partition coefficient (Wildman–Crippen LogP) is 2.39. The maximum absolute atomic E-state index is 12.4. The van der Waals surface area contributed by atoms with Gasteiger partial charge in [0, 0.05) is 32.4 Å². The fourth-order valence-corrected chi connectivity index (χ4v) is 3.32. The number of carbonyl (C=O) groups excluding carboxylic acids is 1. The zero-order valence-electron chi connectivity index (χ0n) is 15.0. The molecule has 2 aromatic rings. The van der Waals surface area contributed by atoms with Crippen molar-refractivity contribution < 1.29 is 4.79 Å². The van der Waals surface area contributed by atoms with Crippen LogP contribution in [0, 0.1) is 6.92 Å². The summed E-state index contributed by atoms with van der Waals surface area (Å²) in [6.45, 7) is 8.13. The van der Waals surface area contributed by atoms with Crippen LogP contribution in [0.5, 0.6) is 0 Å². The van der Waals surface area contributed by atoms with E-state index >= 15 is 0 Å². The summed E-state index contributed by atoms with van der Waals surface area (Å²) in [5.74, 6) is 1.10. The summed E-state index contributed by atoms with van der Waals surface area (Å²) < 4.78 is 0. The molecular weight excluding hydrogens is 312 g/mol. The van der Waals surface area contributed by atoms with Crippen molar-refractivity contribution in [3.63, 3.8) is 0 Å². The maximum Gasteiger partial charge on any atom is 0.234 e. The first kappa shape index (κ1) is 17.4. The lowest BCUT2D eigenvalue weighted by atomic mass is 10.0. The molecule has 1 fully saturated rings. The van der Waals surface area contributed by atoms with E-state index in [9.17, 15) is 4.79 Å². The molecule has 5 nitrogen and oxygen atoms in total. The number of hydrogen-bond donors (Lipinski definition) is 1. The van der Waals surface area contributed by atoms with E-state index in [0.717, 1.165) is 32.0 Å². The summed E-state index contributed by atoms with van der Waals surface area (Å²) in [5.41, 5.74) is 2.38. The second kappa shape index (κ2) is 8.12. The molecule has 25 heavy (non-hydrogen) atoms. The van der Waals surface area contributed by atoms with Crippen LogP contribution in [-0.4, -0.2) is 48.5 Å². The van der Waals surface area contributed by atoms with Crippen molar-refractivity contribution in [3.8, 4) is 0 Å². The summed E-state index contributed by atoms with van der Waals surface area (Å²) in [4.78, 5) is 21.3. The lowest BCUT2D eigenvalue weighted by Gasteiger charge is -2.35. The number of pyridine rings is 1. The molecular formula is C20H26N4O. The molecule has 1 amide bonds. The van der Waals surface area contributed by atoms with Gasteiger partial charge < -0.3 is 10.2 Å². The molecule has 132 valence electrons. The molecule has 0 saturated carbocycles. The molecule has 0 unspecified atom stereocenters. The first-order chi connectivity index (χ1) is 12.1. The van der Waals surface area contributed by atoms with Gasteiger partial charge in [-0.3, -0.25) is 9.69 Å². The van der Waals surface area contributed by atoms with E-state index in [1.807, 2.05) is 43.5 Å². The molecule has 1 aliphatic heterocycles. The predicted molar refractivity (Wildman–Crippen MR) is 101 cm³/mol. The van der Waals surface area contributed by atoms with Crippen LogP contribution < -0.4 is 10.2 Å². The second-order valence-corrected chi connectivity index (χ2v) is 6.60. The van der Waals surface area contributed by atoms with E-state index in [1.165, 1.54) is 11.1 Å². The van der Waals surface area contributed by atoms with Crippen LogP contribution in [-0.2, 0) is 4.79 Å². The van der Waals surface area contributed by atoms with Gasteiger partial charge in [0.05, 0.1) is 12.6 Å². The van der Waals surface area contributed by atoms with Gasteiger partial charge in [0.1, 0.15) is 5.82 Å². The van der Waals surface area contributed by atoms with Crippen LogP contribution in [0.3, 0.4) is 0 Å². The molecule has 1 aromatic heterocycles. The van der Waals surface area contributed by atoms with Gasteiger partial charge in [-0.05, 0) is 37.1 Å². The molecule has 1 aromatic carbocycles. The first-order valence-electron chi connectivity index (χ1n) is 8.86. The lowest BCUT2D eigenvalue weighted by molar-refractivity contribution is -0.123. The van der Waals surface area contributed by atoms with Crippen LogP contribution in [0.15, 0.2) is 48.7 Å². The van der Waals surface area contributed by atoms with E-state index in [-0.39, 0.29) is 11.9 Å². The van der Waals surface area contributed by atoms with E-state index in [4.69, 9.17) is 0 Å². The Morgan fingerprint density at radius 3 is 2.52 bits per heavy atom. The summed E-state index contributed by atoms with van der Waals surface area (Å²) in [6, 6.07) is 14.2. The van der Waals surface area contributed by atoms with Gasteiger partial charge in [-0.2, -0.15) is 0 Å². The third kappa shape index (κ3) is 4.57. The number of carbonyl (C=O) groups is 1. The van der Waals surface area contributed by atoms with Crippen LogP contribution in [0.4, 0.5) is 5.82 Å². The molecule has 2 heterocycles. The smallest absolute Gasteiger partial charge is 0.234 e. The monoisotopic (exact) mass is 338 g/mol. The molecule has 0 radical (unpaired) electrons. The standard InChI is InChI=1S/C20H26N4O/c1-16-7-3-4-8-18(16)17(2)22-20(25)15-23-11-13-24(14-12-23)19-9-5-6-10-21-19/h3-10,17H,11-15H2,1-2H3,(H,22,25)/t17-/m1/s1. The van der Waals surface area contributed by atoms with Crippen molar-refractivity contribution in [2.45, 2.75) is 19.9 Å². The molecule has 3 rings (SSSR count). The van der Waals surface area contributed by atoms with Crippen molar-refractivity contribution in [3.05, 3.63) is 59.8 Å². The third-order valence-corrected chi connectivity index (χ3v) is 4.75. The zero-order valence-corrected chi connectivity index (χ0v) is 15.0. The minimum Gasteiger partial charge on any atom is -0.354 e. The summed E-state index contributed by atoms with van der Waals surface area (Å²) >= 11 is 0. The highest BCUT2D eigenvalue weighted by Crippen LogP contribution is 2.17. The summed E-state index contributed by atoms with van der Waals surface area (Å²) in [5, 5.41) is 3.12. The van der Waals surface area contributed by atoms with Crippen LogP contribution >= 0.6 is 0 Å². The Labute approximate surface area is 149 Å². The molecule has 1 saturated heterocycles. The Bertz CT molecular complexity index is 696. The van der Waals surface area contributed by atoms with Gasteiger partial charge in [-0.1, -0.05) is 30.3 Å². The number of hydrogen-bond acceptors (Lipinski definition) is 4. The highest BCUT2D eigenvalue weighted by molar-refractivity contribution is 5.78. The molecule has 5 heteroatoms. The Morgan fingerprint density at radius 2 is 1.84 bits per heavy atom. The van der Waals surface area contributed by atoms with Crippen molar-refractivity contribution >= 4 is 11.7 Å². The minimum atomic E-state index is 0.0310. The SMILES string of the molecule is Cc1ccccc1[C@@H](C)NC(=O)CN1CCN(c2ccccn2)CC1. The highest BCUT2D eigenvalue weighted by atomic mass is 16.2. The van der Waals surface area contributed by atoms with Crippen molar-refractivity contribution in [1.29, 1.82) is 0 Å². The number of aromatic nitrogens is 1. The van der Waals surface area contributed by atoms with Gasteiger partial charge in [-0.25, -0.2) is 4.98 Å². The zero-order chi connectivity index (χ0) is 17.6. The van der Waals surface area contributed by atoms with Crippen molar-refractivity contribution in [2.75, 3.05) is 37.6 Å². The van der Waals surface area contributed by atoms with Crippen molar-refractivity contribution in [2.24, 2.45) is 0 Å². The van der Waals surface area contributed by atoms with Gasteiger partial charge >= 0.3 is 0 Å². The van der Waals surface area contributed by atoms with Gasteiger partial charge in [0.2, 0.25) is 5.91 Å².